The summed E-state index contributed by atoms with van der Waals surface area (Å²) in [6.45, 7) is 10.2. The Labute approximate surface area is 115 Å². The van der Waals surface area contributed by atoms with E-state index < -0.39 is 0 Å². The van der Waals surface area contributed by atoms with Crippen LogP contribution in [0.25, 0.3) is 0 Å². The molecule has 3 heteroatoms. The zero-order valence-corrected chi connectivity index (χ0v) is 12.8. The highest BCUT2D eigenvalue weighted by Gasteiger charge is 2.13. The van der Waals surface area contributed by atoms with Crippen LogP contribution in [-0.4, -0.2) is 17.2 Å². The second kappa shape index (κ2) is 6.28. The minimum atomic E-state index is -0.137. The van der Waals surface area contributed by atoms with Gasteiger partial charge < -0.3 is 5.32 Å². The van der Waals surface area contributed by atoms with Gasteiger partial charge in [-0.2, -0.15) is 0 Å². The Hall–Kier alpha value is -0.960. The molecule has 0 aliphatic heterocycles. The van der Waals surface area contributed by atoms with E-state index in [1.165, 1.54) is 16.0 Å². The minimum Gasteiger partial charge on any atom is -0.351 e. The first-order chi connectivity index (χ1) is 8.28. The Kier molecular flexibility index (Phi) is 5.27. The van der Waals surface area contributed by atoms with Crippen molar-refractivity contribution in [2.75, 3.05) is 5.75 Å². The molecule has 0 bridgehead atoms. The number of carbonyl (C=O) groups is 1. The van der Waals surface area contributed by atoms with Crippen LogP contribution < -0.4 is 5.32 Å². The van der Waals surface area contributed by atoms with Gasteiger partial charge in [-0.05, 0) is 57.9 Å². The fraction of sp³-hybridized carbons (Fsp3) is 0.533. The molecule has 0 heterocycles. The summed E-state index contributed by atoms with van der Waals surface area (Å²) in [6, 6.07) is 6.43. The van der Waals surface area contributed by atoms with Crippen molar-refractivity contribution in [3.05, 3.63) is 29.3 Å². The van der Waals surface area contributed by atoms with Crippen molar-refractivity contribution >= 4 is 17.7 Å². The summed E-state index contributed by atoms with van der Waals surface area (Å²) in [6.07, 6.45) is 0.564. The van der Waals surface area contributed by atoms with Gasteiger partial charge in [0.1, 0.15) is 0 Å². The number of hydrogen-bond acceptors (Lipinski definition) is 2. The molecule has 18 heavy (non-hydrogen) atoms. The number of hydrogen-bond donors (Lipinski definition) is 1. The average Bonchev–Trinajstić information content (AvgIpc) is 2.20. The number of nitrogens with one attached hydrogen (secondary N) is 1. The molecule has 0 unspecified atom stereocenters. The predicted molar refractivity (Wildman–Crippen MR) is 79.2 cm³/mol. The maximum Gasteiger partial charge on any atom is 0.221 e. The molecule has 1 aromatic carbocycles. The van der Waals surface area contributed by atoms with Crippen LogP contribution in [0, 0.1) is 13.8 Å². The van der Waals surface area contributed by atoms with Gasteiger partial charge in [0.15, 0.2) is 0 Å². The van der Waals surface area contributed by atoms with Crippen LogP contribution in [0.2, 0.25) is 0 Å². The van der Waals surface area contributed by atoms with Crippen LogP contribution in [0.4, 0.5) is 0 Å². The molecule has 0 saturated heterocycles. The van der Waals surface area contributed by atoms with Gasteiger partial charge in [-0.25, -0.2) is 0 Å². The molecule has 0 saturated carbocycles. The first-order valence-electron chi connectivity index (χ1n) is 6.29. The molecule has 1 N–H and O–H groups in total. The van der Waals surface area contributed by atoms with Crippen LogP contribution in [0.5, 0.6) is 0 Å². The Bertz CT molecular complexity index is 421. The van der Waals surface area contributed by atoms with E-state index in [4.69, 9.17) is 0 Å². The summed E-state index contributed by atoms with van der Waals surface area (Å²) in [5, 5.41) is 2.97. The molecular formula is C15H23NOS. The molecule has 0 aliphatic carbocycles. The fourth-order valence-corrected chi connectivity index (χ4v) is 2.49. The van der Waals surface area contributed by atoms with Gasteiger partial charge in [-0.15, -0.1) is 11.8 Å². The van der Waals surface area contributed by atoms with E-state index in [0.717, 1.165) is 5.75 Å². The van der Waals surface area contributed by atoms with Gasteiger partial charge >= 0.3 is 0 Å². The minimum absolute atomic E-state index is 0.124. The van der Waals surface area contributed by atoms with Crippen molar-refractivity contribution in [3.63, 3.8) is 0 Å². The van der Waals surface area contributed by atoms with Gasteiger partial charge in [0, 0.05) is 22.6 Å². The highest BCUT2D eigenvalue weighted by molar-refractivity contribution is 7.99. The third-order valence-electron chi connectivity index (χ3n) is 2.59. The first-order valence-corrected chi connectivity index (χ1v) is 7.27. The smallest absolute Gasteiger partial charge is 0.221 e. The second-order valence-electron chi connectivity index (χ2n) is 5.64. The third-order valence-corrected chi connectivity index (χ3v) is 3.59. The van der Waals surface area contributed by atoms with Gasteiger partial charge in [0.05, 0.1) is 0 Å². The molecule has 0 atom stereocenters. The fourth-order valence-electron chi connectivity index (χ4n) is 1.55. The van der Waals surface area contributed by atoms with Gasteiger partial charge in [0.2, 0.25) is 5.91 Å². The quantitative estimate of drug-likeness (QED) is 0.841. The van der Waals surface area contributed by atoms with E-state index in [1.54, 1.807) is 11.8 Å². The lowest BCUT2D eigenvalue weighted by atomic mass is 10.1. The molecule has 0 aromatic heterocycles. The molecular weight excluding hydrogens is 242 g/mol. The molecule has 100 valence electrons. The molecule has 1 amide bonds. The van der Waals surface area contributed by atoms with E-state index in [0.29, 0.717) is 6.42 Å². The monoisotopic (exact) mass is 265 g/mol. The molecule has 2 nitrogen and oxygen atoms in total. The Morgan fingerprint density at radius 3 is 2.44 bits per heavy atom. The number of thioether (sulfide) groups is 1. The lowest BCUT2D eigenvalue weighted by molar-refractivity contribution is -0.122. The van der Waals surface area contributed by atoms with E-state index in [1.807, 2.05) is 20.8 Å². The van der Waals surface area contributed by atoms with Crippen LogP contribution >= 0.6 is 11.8 Å². The molecule has 0 radical (unpaired) electrons. The zero-order valence-electron chi connectivity index (χ0n) is 12.0. The Balaban J connectivity index is 2.38. The number of amides is 1. The molecule has 1 rings (SSSR count). The zero-order chi connectivity index (χ0) is 13.8. The standard InChI is InChI=1S/C15H23NOS/c1-11-6-7-13(10-12(11)2)18-9-8-14(17)16-15(3,4)5/h6-7,10H,8-9H2,1-5H3,(H,16,17). The summed E-state index contributed by atoms with van der Waals surface area (Å²) in [4.78, 5) is 12.9. The largest absolute Gasteiger partial charge is 0.351 e. The SMILES string of the molecule is Cc1ccc(SCCC(=O)NC(C)(C)C)cc1C. The summed E-state index contributed by atoms with van der Waals surface area (Å²) in [5.74, 6) is 0.948. The topological polar surface area (TPSA) is 29.1 Å². The van der Waals surface area contributed by atoms with Crippen LogP contribution in [-0.2, 0) is 4.79 Å². The highest BCUT2D eigenvalue weighted by atomic mass is 32.2. The summed E-state index contributed by atoms with van der Waals surface area (Å²) >= 11 is 1.74. The number of aryl methyl sites for hydroxylation is 2. The third kappa shape index (κ3) is 5.58. The maximum atomic E-state index is 11.6. The van der Waals surface area contributed by atoms with E-state index in [9.17, 15) is 4.79 Å². The van der Waals surface area contributed by atoms with Crippen molar-refractivity contribution < 1.29 is 4.79 Å². The summed E-state index contributed by atoms with van der Waals surface area (Å²) in [5.41, 5.74) is 2.48. The van der Waals surface area contributed by atoms with E-state index in [2.05, 4.69) is 37.4 Å². The van der Waals surface area contributed by atoms with Crippen molar-refractivity contribution in [2.24, 2.45) is 0 Å². The molecule has 1 aromatic rings. The van der Waals surface area contributed by atoms with E-state index >= 15 is 0 Å². The van der Waals surface area contributed by atoms with E-state index in [-0.39, 0.29) is 11.4 Å². The summed E-state index contributed by atoms with van der Waals surface area (Å²) in [7, 11) is 0. The first kappa shape index (κ1) is 15.1. The lowest BCUT2D eigenvalue weighted by Crippen LogP contribution is -2.40. The lowest BCUT2D eigenvalue weighted by Gasteiger charge is -2.20. The van der Waals surface area contributed by atoms with Gasteiger partial charge in [-0.3, -0.25) is 4.79 Å². The van der Waals surface area contributed by atoms with Crippen LogP contribution in [0.1, 0.15) is 38.3 Å². The average molecular weight is 265 g/mol. The van der Waals surface area contributed by atoms with Crippen molar-refractivity contribution in [3.8, 4) is 0 Å². The van der Waals surface area contributed by atoms with Crippen molar-refractivity contribution in [1.29, 1.82) is 0 Å². The maximum absolute atomic E-state index is 11.6. The van der Waals surface area contributed by atoms with Crippen molar-refractivity contribution in [2.45, 2.75) is 51.5 Å². The number of benzene rings is 1. The van der Waals surface area contributed by atoms with Crippen LogP contribution in [0.15, 0.2) is 23.1 Å². The highest BCUT2D eigenvalue weighted by Crippen LogP contribution is 2.21. The van der Waals surface area contributed by atoms with Crippen molar-refractivity contribution in [1.82, 2.24) is 5.32 Å². The predicted octanol–water partition coefficient (Wildman–Crippen LogP) is 3.70. The number of carbonyl (C=O) groups excluding carboxylic acids is 1. The molecule has 0 spiro atoms. The normalized spacial score (nSPS) is 11.4. The number of rotatable bonds is 4. The summed E-state index contributed by atoms with van der Waals surface area (Å²) < 4.78 is 0. The van der Waals surface area contributed by atoms with Gasteiger partial charge in [-0.1, -0.05) is 6.07 Å². The Morgan fingerprint density at radius 1 is 1.22 bits per heavy atom. The molecule has 0 aliphatic rings. The second-order valence-corrected chi connectivity index (χ2v) is 6.81. The van der Waals surface area contributed by atoms with Crippen LogP contribution in [0.3, 0.4) is 0 Å². The van der Waals surface area contributed by atoms with Gasteiger partial charge in [0.25, 0.3) is 0 Å². The Morgan fingerprint density at radius 2 is 1.89 bits per heavy atom. The molecule has 0 fully saturated rings.